The van der Waals surface area contributed by atoms with Gasteiger partial charge in [0.25, 0.3) is 0 Å². The van der Waals surface area contributed by atoms with Gasteiger partial charge in [0.1, 0.15) is 0 Å². The Morgan fingerprint density at radius 2 is 2.33 bits per heavy atom. The lowest BCUT2D eigenvalue weighted by atomic mass is 10.1. The molecule has 0 aromatic carbocycles. The summed E-state index contributed by atoms with van der Waals surface area (Å²) in [6, 6.07) is 0.435. The van der Waals surface area contributed by atoms with Gasteiger partial charge in [-0.2, -0.15) is 12.6 Å². The topological polar surface area (TPSA) is 32.3 Å². The fraction of sp³-hybridized carbons (Fsp3) is 0.909. The van der Waals surface area contributed by atoms with E-state index in [4.69, 9.17) is 0 Å². The first kappa shape index (κ1) is 11.3. The number of nitrogens with zero attached hydrogens (tertiary/aromatic N) is 1. The van der Waals surface area contributed by atoms with E-state index in [1.807, 2.05) is 0 Å². The summed E-state index contributed by atoms with van der Waals surface area (Å²) >= 11 is 4.29. The lowest BCUT2D eigenvalue weighted by Crippen LogP contribution is -2.42. The molecule has 0 aliphatic carbocycles. The van der Waals surface area contributed by atoms with Crippen molar-refractivity contribution in [2.45, 2.75) is 31.7 Å². The summed E-state index contributed by atoms with van der Waals surface area (Å²) in [4.78, 5) is 13.9. The molecule has 2 rings (SSSR count). The minimum absolute atomic E-state index is 0.336. The van der Waals surface area contributed by atoms with Crippen molar-refractivity contribution in [2.24, 2.45) is 5.92 Å². The number of amides is 1. The molecule has 2 unspecified atom stereocenters. The highest BCUT2D eigenvalue weighted by atomic mass is 32.1. The minimum Gasteiger partial charge on any atom is -0.338 e. The first-order valence-corrected chi connectivity index (χ1v) is 6.55. The van der Waals surface area contributed by atoms with Gasteiger partial charge < -0.3 is 10.2 Å². The predicted molar refractivity (Wildman–Crippen MR) is 64.2 cm³/mol. The number of thiol groups is 1. The van der Waals surface area contributed by atoms with Crippen molar-refractivity contribution in [1.29, 1.82) is 0 Å². The maximum Gasteiger partial charge on any atom is 0.223 e. The fourth-order valence-electron chi connectivity index (χ4n) is 2.55. The number of carbonyl (C=O) groups is 1. The van der Waals surface area contributed by atoms with Gasteiger partial charge in [-0.3, -0.25) is 4.79 Å². The van der Waals surface area contributed by atoms with E-state index in [-0.39, 0.29) is 0 Å². The maximum absolute atomic E-state index is 11.8. The molecule has 2 saturated heterocycles. The molecule has 0 aromatic heterocycles. The van der Waals surface area contributed by atoms with Crippen molar-refractivity contribution in [3.8, 4) is 0 Å². The SMILES string of the molecule is O=C1CC(CS)CN1C1CCCCNC1. The van der Waals surface area contributed by atoms with Crippen LogP contribution in [0.25, 0.3) is 0 Å². The first-order valence-electron chi connectivity index (χ1n) is 5.92. The molecule has 1 N–H and O–H groups in total. The molecule has 1 amide bonds. The van der Waals surface area contributed by atoms with Gasteiger partial charge in [0.2, 0.25) is 5.91 Å². The Morgan fingerprint density at radius 1 is 1.47 bits per heavy atom. The van der Waals surface area contributed by atoms with Crippen molar-refractivity contribution in [2.75, 3.05) is 25.4 Å². The van der Waals surface area contributed by atoms with Crippen LogP contribution in [0.5, 0.6) is 0 Å². The van der Waals surface area contributed by atoms with Crippen molar-refractivity contribution in [3.05, 3.63) is 0 Å². The largest absolute Gasteiger partial charge is 0.338 e. The Bertz CT molecular complexity index is 227. The summed E-state index contributed by atoms with van der Waals surface area (Å²) in [5.41, 5.74) is 0. The zero-order chi connectivity index (χ0) is 10.7. The average molecular weight is 228 g/mol. The second-order valence-corrected chi connectivity index (χ2v) is 5.02. The Morgan fingerprint density at radius 3 is 3.07 bits per heavy atom. The average Bonchev–Trinajstić information content (AvgIpc) is 2.48. The Hall–Kier alpha value is -0.220. The highest BCUT2D eigenvalue weighted by Crippen LogP contribution is 2.23. The van der Waals surface area contributed by atoms with Crippen molar-refractivity contribution in [3.63, 3.8) is 0 Å². The molecule has 2 aliphatic heterocycles. The van der Waals surface area contributed by atoms with E-state index in [9.17, 15) is 4.79 Å². The highest BCUT2D eigenvalue weighted by molar-refractivity contribution is 7.80. The summed E-state index contributed by atoms with van der Waals surface area (Å²) in [6.07, 6.45) is 4.36. The standard InChI is InChI=1S/C11H20N2OS/c14-11-5-9(8-15)7-13(11)10-3-1-2-4-12-6-10/h9-10,12,15H,1-8H2. The van der Waals surface area contributed by atoms with Crippen LogP contribution < -0.4 is 5.32 Å². The molecule has 0 spiro atoms. The summed E-state index contributed by atoms with van der Waals surface area (Å²) in [5.74, 6) is 1.65. The minimum atomic E-state index is 0.336. The summed E-state index contributed by atoms with van der Waals surface area (Å²) in [5, 5.41) is 3.41. The van der Waals surface area contributed by atoms with Crippen molar-refractivity contribution < 1.29 is 4.79 Å². The quantitative estimate of drug-likeness (QED) is 0.689. The summed E-state index contributed by atoms with van der Waals surface area (Å²) < 4.78 is 0. The number of rotatable bonds is 2. The van der Waals surface area contributed by atoms with E-state index in [0.29, 0.717) is 24.3 Å². The Kier molecular flexibility index (Phi) is 3.92. The molecular weight excluding hydrogens is 208 g/mol. The van der Waals surface area contributed by atoms with Crippen LogP contribution >= 0.6 is 12.6 Å². The second-order valence-electron chi connectivity index (χ2n) is 4.65. The van der Waals surface area contributed by atoms with Gasteiger partial charge in [0.05, 0.1) is 0 Å². The van der Waals surface area contributed by atoms with Crippen LogP contribution in [0.1, 0.15) is 25.7 Å². The van der Waals surface area contributed by atoms with Gasteiger partial charge in [0, 0.05) is 25.6 Å². The molecule has 15 heavy (non-hydrogen) atoms. The molecule has 2 fully saturated rings. The smallest absolute Gasteiger partial charge is 0.223 e. The van der Waals surface area contributed by atoms with Gasteiger partial charge in [-0.1, -0.05) is 6.42 Å². The van der Waals surface area contributed by atoms with E-state index in [1.54, 1.807) is 0 Å². The molecule has 4 heteroatoms. The third-order valence-electron chi connectivity index (χ3n) is 3.46. The van der Waals surface area contributed by atoms with Crippen LogP contribution in [0.15, 0.2) is 0 Å². The monoisotopic (exact) mass is 228 g/mol. The third-order valence-corrected chi connectivity index (χ3v) is 3.97. The van der Waals surface area contributed by atoms with Gasteiger partial charge in [-0.05, 0) is 31.1 Å². The lowest BCUT2D eigenvalue weighted by molar-refractivity contribution is -0.129. The number of hydrogen-bond acceptors (Lipinski definition) is 3. The predicted octanol–water partition coefficient (Wildman–Crippen LogP) is 0.907. The number of hydrogen-bond donors (Lipinski definition) is 2. The molecule has 3 nitrogen and oxygen atoms in total. The lowest BCUT2D eigenvalue weighted by Gasteiger charge is -2.27. The van der Waals surface area contributed by atoms with Gasteiger partial charge in [0.15, 0.2) is 0 Å². The molecule has 2 heterocycles. The summed E-state index contributed by atoms with van der Waals surface area (Å²) in [6.45, 7) is 3.01. The van der Waals surface area contributed by atoms with E-state index in [1.165, 1.54) is 12.8 Å². The number of nitrogens with one attached hydrogen (secondary N) is 1. The molecule has 0 aromatic rings. The Labute approximate surface area is 97.0 Å². The fourth-order valence-corrected chi connectivity index (χ4v) is 2.80. The van der Waals surface area contributed by atoms with Crippen molar-refractivity contribution >= 4 is 18.5 Å². The van der Waals surface area contributed by atoms with E-state index < -0.39 is 0 Å². The van der Waals surface area contributed by atoms with Crippen LogP contribution in [-0.4, -0.2) is 42.2 Å². The molecular formula is C11H20N2OS. The number of likely N-dealkylation sites (tertiary alicyclic amines) is 1. The normalized spacial score (nSPS) is 33.1. The van der Waals surface area contributed by atoms with Crippen LogP contribution in [0.2, 0.25) is 0 Å². The maximum atomic E-state index is 11.8. The zero-order valence-corrected chi connectivity index (χ0v) is 10.0. The van der Waals surface area contributed by atoms with E-state index in [0.717, 1.165) is 31.8 Å². The third kappa shape index (κ3) is 2.67. The highest BCUT2D eigenvalue weighted by Gasteiger charge is 2.33. The molecule has 2 atom stereocenters. The van der Waals surface area contributed by atoms with Crippen molar-refractivity contribution in [1.82, 2.24) is 10.2 Å². The van der Waals surface area contributed by atoms with Crippen LogP contribution in [0.3, 0.4) is 0 Å². The van der Waals surface area contributed by atoms with Crippen LogP contribution in [-0.2, 0) is 4.79 Å². The molecule has 2 aliphatic rings. The summed E-state index contributed by atoms with van der Waals surface area (Å²) in [7, 11) is 0. The Balaban J connectivity index is 1.94. The second kappa shape index (κ2) is 5.21. The van der Waals surface area contributed by atoms with E-state index >= 15 is 0 Å². The first-order chi connectivity index (χ1) is 7.31. The zero-order valence-electron chi connectivity index (χ0n) is 9.11. The van der Waals surface area contributed by atoms with Gasteiger partial charge >= 0.3 is 0 Å². The molecule has 0 radical (unpaired) electrons. The van der Waals surface area contributed by atoms with E-state index in [2.05, 4.69) is 22.8 Å². The molecule has 0 bridgehead atoms. The molecule has 86 valence electrons. The number of carbonyl (C=O) groups excluding carboxylic acids is 1. The van der Waals surface area contributed by atoms with Gasteiger partial charge in [-0.15, -0.1) is 0 Å². The molecule has 0 saturated carbocycles. The van der Waals surface area contributed by atoms with Gasteiger partial charge in [-0.25, -0.2) is 0 Å². The van der Waals surface area contributed by atoms with Crippen LogP contribution in [0, 0.1) is 5.92 Å². The van der Waals surface area contributed by atoms with Crippen LogP contribution in [0.4, 0.5) is 0 Å².